The van der Waals surface area contributed by atoms with E-state index in [0.29, 0.717) is 11.1 Å². The minimum atomic E-state index is -0.149. The molecule has 150 valence electrons. The molecule has 0 radical (unpaired) electrons. The summed E-state index contributed by atoms with van der Waals surface area (Å²) in [5.41, 5.74) is 6.15. The van der Waals surface area contributed by atoms with Gasteiger partial charge in [0.2, 0.25) is 0 Å². The topological polar surface area (TPSA) is 65.4 Å². The van der Waals surface area contributed by atoms with Crippen LogP contribution in [0.2, 0.25) is 0 Å². The van der Waals surface area contributed by atoms with Gasteiger partial charge in [0.1, 0.15) is 0 Å². The van der Waals surface area contributed by atoms with E-state index in [0.717, 1.165) is 54.4 Å². The van der Waals surface area contributed by atoms with Crippen molar-refractivity contribution < 1.29 is 9.53 Å². The first-order valence-corrected chi connectivity index (χ1v) is 9.99. The largest absolute Gasteiger partial charge is 0.378 e. The molecule has 0 atom stereocenters. The number of ether oxygens (including phenoxy) is 1. The Morgan fingerprint density at radius 3 is 2.37 bits per heavy atom. The van der Waals surface area contributed by atoms with Crippen molar-refractivity contribution in [2.24, 2.45) is 0 Å². The first-order chi connectivity index (χ1) is 14.6. The number of nitrogens with zero attached hydrogens (tertiary/aromatic N) is 2. The second kappa shape index (κ2) is 8.81. The van der Waals surface area contributed by atoms with E-state index >= 15 is 0 Å². The molecule has 30 heavy (non-hydrogen) atoms. The average Bonchev–Trinajstić information content (AvgIpc) is 2.80. The van der Waals surface area contributed by atoms with E-state index in [1.54, 1.807) is 12.1 Å². The summed E-state index contributed by atoms with van der Waals surface area (Å²) in [7, 11) is 0. The summed E-state index contributed by atoms with van der Waals surface area (Å²) in [4.78, 5) is 15.1. The Morgan fingerprint density at radius 2 is 1.70 bits per heavy atom. The number of anilines is 2. The van der Waals surface area contributed by atoms with Crippen molar-refractivity contribution in [1.82, 2.24) is 0 Å². The molecular formula is C25H23N3O2. The van der Waals surface area contributed by atoms with Crippen LogP contribution in [0.5, 0.6) is 0 Å². The third-order valence-corrected chi connectivity index (χ3v) is 5.33. The van der Waals surface area contributed by atoms with Crippen LogP contribution in [0.3, 0.4) is 0 Å². The van der Waals surface area contributed by atoms with E-state index in [2.05, 4.69) is 16.3 Å². The van der Waals surface area contributed by atoms with E-state index in [1.807, 2.05) is 61.5 Å². The fourth-order valence-corrected chi connectivity index (χ4v) is 3.58. The van der Waals surface area contributed by atoms with Crippen LogP contribution in [0.15, 0.2) is 66.7 Å². The molecule has 1 saturated heterocycles. The molecule has 0 saturated carbocycles. The SMILES string of the molecule is Cc1ccc(C(=O)Nc2ccc(N3CCOCC3)cc2)cc1-c1ccc(C#N)cc1. The van der Waals surface area contributed by atoms with Crippen molar-refractivity contribution in [2.75, 3.05) is 36.5 Å². The predicted molar refractivity (Wildman–Crippen MR) is 119 cm³/mol. The smallest absolute Gasteiger partial charge is 0.255 e. The third kappa shape index (κ3) is 4.35. The van der Waals surface area contributed by atoms with Gasteiger partial charge in [-0.2, -0.15) is 5.26 Å². The summed E-state index contributed by atoms with van der Waals surface area (Å²) in [6.45, 7) is 5.26. The van der Waals surface area contributed by atoms with Crippen molar-refractivity contribution in [3.8, 4) is 17.2 Å². The zero-order valence-corrected chi connectivity index (χ0v) is 16.9. The highest BCUT2D eigenvalue weighted by Gasteiger charge is 2.13. The van der Waals surface area contributed by atoms with Crippen LogP contribution in [0.4, 0.5) is 11.4 Å². The number of nitriles is 1. The van der Waals surface area contributed by atoms with Gasteiger partial charge in [-0.05, 0) is 72.1 Å². The Bertz CT molecular complexity index is 1080. The highest BCUT2D eigenvalue weighted by Crippen LogP contribution is 2.26. The molecular weight excluding hydrogens is 374 g/mol. The molecule has 1 fully saturated rings. The zero-order chi connectivity index (χ0) is 20.9. The molecule has 1 amide bonds. The molecule has 1 aliphatic rings. The number of rotatable bonds is 4. The minimum Gasteiger partial charge on any atom is -0.378 e. The predicted octanol–water partition coefficient (Wildman–Crippen LogP) is 4.62. The lowest BCUT2D eigenvalue weighted by Gasteiger charge is -2.28. The van der Waals surface area contributed by atoms with Gasteiger partial charge >= 0.3 is 0 Å². The molecule has 1 aliphatic heterocycles. The molecule has 0 spiro atoms. The van der Waals surface area contributed by atoms with Gasteiger partial charge in [0.15, 0.2) is 0 Å². The maximum atomic E-state index is 12.8. The van der Waals surface area contributed by atoms with Gasteiger partial charge in [0, 0.05) is 30.0 Å². The average molecular weight is 397 g/mol. The lowest BCUT2D eigenvalue weighted by atomic mass is 9.97. The number of benzene rings is 3. The maximum absolute atomic E-state index is 12.8. The summed E-state index contributed by atoms with van der Waals surface area (Å²) in [5.74, 6) is -0.149. The molecule has 0 bridgehead atoms. The molecule has 5 heteroatoms. The first-order valence-electron chi connectivity index (χ1n) is 9.99. The van der Waals surface area contributed by atoms with Crippen molar-refractivity contribution in [1.29, 1.82) is 5.26 Å². The second-order valence-corrected chi connectivity index (χ2v) is 7.32. The number of morpholine rings is 1. The monoisotopic (exact) mass is 397 g/mol. The van der Waals surface area contributed by atoms with Crippen molar-refractivity contribution in [2.45, 2.75) is 6.92 Å². The Balaban J connectivity index is 1.50. The van der Waals surface area contributed by atoms with E-state index in [1.165, 1.54) is 0 Å². The molecule has 1 heterocycles. The van der Waals surface area contributed by atoms with Crippen molar-refractivity contribution >= 4 is 17.3 Å². The van der Waals surface area contributed by atoms with Crippen LogP contribution in [-0.2, 0) is 4.74 Å². The van der Waals surface area contributed by atoms with E-state index in [4.69, 9.17) is 10.00 Å². The quantitative estimate of drug-likeness (QED) is 0.697. The van der Waals surface area contributed by atoms with E-state index < -0.39 is 0 Å². The van der Waals surface area contributed by atoms with Gasteiger partial charge in [0.05, 0.1) is 24.8 Å². The number of amides is 1. The van der Waals surface area contributed by atoms with Crippen molar-refractivity contribution in [3.05, 3.63) is 83.4 Å². The molecule has 5 nitrogen and oxygen atoms in total. The highest BCUT2D eigenvalue weighted by atomic mass is 16.5. The number of carbonyl (C=O) groups excluding carboxylic acids is 1. The van der Waals surface area contributed by atoms with Gasteiger partial charge in [-0.15, -0.1) is 0 Å². The normalized spacial score (nSPS) is 13.5. The summed E-state index contributed by atoms with van der Waals surface area (Å²) >= 11 is 0. The molecule has 0 unspecified atom stereocenters. The zero-order valence-electron chi connectivity index (χ0n) is 16.9. The van der Waals surface area contributed by atoms with Crippen LogP contribution in [-0.4, -0.2) is 32.2 Å². The number of carbonyl (C=O) groups is 1. The summed E-state index contributed by atoms with van der Waals surface area (Å²) in [6.07, 6.45) is 0. The molecule has 0 aromatic heterocycles. The van der Waals surface area contributed by atoms with Gasteiger partial charge in [-0.3, -0.25) is 4.79 Å². The maximum Gasteiger partial charge on any atom is 0.255 e. The molecule has 0 aliphatic carbocycles. The number of hydrogen-bond acceptors (Lipinski definition) is 4. The fourth-order valence-electron chi connectivity index (χ4n) is 3.58. The number of nitrogens with one attached hydrogen (secondary N) is 1. The Morgan fingerprint density at radius 1 is 1.00 bits per heavy atom. The fraction of sp³-hybridized carbons (Fsp3) is 0.200. The van der Waals surface area contributed by atoms with Crippen LogP contribution in [0, 0.1) is 18.3 Å². The Labute approximate surface area is 176 Å². The highest BCUT2D eigenvalue weighted by molar-refractivity contribution is 6.05. The van der Waals surface area contributed by atoms with Crippen LogP contribution < -0.4 is 10.2 Å². The standard InChI is InChI=1S/C25H23N3O2/c1-18-2-5-21(16-24(18)20-6-3-19(17-26)4-7-20)25(29)27-22-8-10-23(11-9-22)28-12-14-30-15-13-28/h2-11,16H,12-15H2,1H3,(H,27,29). The molecule has 3 aromatic rings. The summed E-state index contributed by atoms with van der Waals surface area (Å²) in [6, 6.07) is 23.1. The number of aryl methyl sites for hydroxylation is 1. The van der Waals surface area contributed by atoms with Gasteiger partial charge < -0.3 is 15.0 Å². The lowest BCUT2D eigenvalue weighted by Crippen LogP contribution is -2.36. The minimum absolute atomic E-state index is 0.149. The van der Waals surface area contributed by atoms with Crippen molar-refractivity contribution in [3.63, 3.8) is 0 Å². The van der Waals surface area contributed by atoms with Crippen LogP contribution >= 0.6 is 0 Å². The molecule has 1 N–H and O–H groups in total. The molecule has 4 rings (SSSR count). The second-order valence-electron chi connectivity index (χ2n) is 7.32. The third-order valence-electron chi connectivity index (χ3n) is 5.33. The van der Waals surface area contributed by atoms with Crippen LogP contribution in [0.25, 0.3) is 11.1 Å². The first kappa shape index (κ1) is 19.7. The number of hydrogen-bond donors (Lipinski definition) is 1. The van der Waals surface area contributed by atoms with Gasteiger partial charge in [-0.1, -0.05) is 18.2 Å². The van der Waals surface area contributed by atoms with E-state index in [-0.39, 0.29) is 5.91 Å². The van der Waals surface area contributed by atoms with Gasteiger partial charge in [-0.25, -0.2) is 0 Å². The van der Waals surface area contributed by atoms with E-state index in [9.17, 15) is 4.79 Å². The Hall–Kier alpha value is -3.62. The molecule has 3 aromatic carbocycles. The lowest BCUT2D eigenvalue weighted by molar-refractivity contribution is 0.102. The van der Waals surface area contributed by atoms with Crippen LogP contribution in [0.1, 0.15) is 21.5 Å². The summed E-state index contributed by atoms with van der Waals surface area (Å²) in [5, 5.41) is 12.0. The van der Waals surface area contributed by atoms with Gasteiger partial charge in [0.25, 0.3) is 5.91 Å². The summed E-state index contributed by atoms with van der Waals surface area (Å²) < 4.78 is 5.40. The Kier molecular flexibility index (Phi) is 5.78.